The van der Waals surface area contributed by atoms with E-state index in [1.54, 1.807) is 4.90 Å². The molecule has 1 rings (SSSR count). The highest BCUT2D eigenvalue weighted by molar-refractivity contribution is 5.75. The van der Waals surface area contributed by atoms with Gasteiger partial charge in [0.15, 0.2) is 0 Å². The lowest BCUT2D eigenvalue weighted by atomic mass is 9.94. The van der Waals surface area contributed by atoms with Gasteiger partial charge in [-0.15, -0.1) is 0 Å². The van der Waals surface area contributed by atoms with Crippen LogP contribution in [0.3, 0.4) is 0 Å². The number of rotatable bonds is 12. The van der Waals surface area contributed by atoms with E-state index < -0.39 is 0 Å². The maximum absolute atomic E-state index is 12.0. The molecule has 1 fully saturated rings. The van der Waals surface area contributed by atoms with Crippen molar-refractivity contribution in [3.63, 3.8) is 0 Å². The van der Waals surface area contributed by atoms with E-state index >= 15 is 0 Å². The third-order valence-electron chi connectivity index (χ3n) is 4.09. The van der Waals surface area contributed by atoms with Gasteiger partial charge in [0.1, 0.15) is 0 Å². The summed E-state index contributed by atoms with van der Waals surface area (Å²) in [6.07, 6.45) is 7.63. The molecule has 0 radical (unpaired) electrons. The molecule has 20 heavy (non-hydrogen) atoms. The van der Waals surface area contributed by atoms with E-state index in [1.807, 2.05) is 7.05 Å². The van der Waals surface area contributed by atoms with Crippen LogP contribution in [0.1, 0.15) is 51.9 Å². The van der Waals surface area contributed by atoms with Crippen molar-refractivity contribution < 1.29 is 9.53 Å². The van der Waals surface area contributed by atoms with E-state index in [-0.39, 0.29) is 5.91 Å². The second-order valence-corrected chi connectivity index (χ2v) is 6.10. The van der Waals surface area contributed by atoms with Gasteiger partial charge in [0, 0.05) is 26.6 Å². The molecule has 0 aromatic carbocycles. The average molecular weight is 284 g/mol. The zero-order valence-electron chi connectivity index (χ0n) is 13.3. The van der Waals surface area contributed by atoms with Gasteiger partial charge in [0.05, 0.1) is 6.61 Å². The standard InChI is InChI=1S/C16H32N2O2/c1-3-4-14(9-10-17)7-8-16(19)18(2)11-12-20-13-15-5-6-15/h14-15H,3-13,17H2,1-2H3. The Bertz CT molecular complexity index is 261. The molecule has 1 aliphatic carbocycles. The third kappa shape index (κ3) is 7.85. The molecule has 4 nitrogen and oxygen atoms in total. The van der Waals surface area contributed by atoms with Crippen molar-refractivity contribution in [2.45, 2.75) is 51.9 Å². The number of amides is 1. The molecule has 0 bridgehead atoms. The van der Waals surface area contributed by atoms with Gasteiger partial charge in [-0.3, -0.25) is 4.79 Å². The Hall–Kier alpha value is -0.610. The number of likely N-dealkylation sites (N-methyl/N-ethyl adjacent to an activating group) is 1. The van der Waals surface area contributed by atoms with Crippen LogP contribution in [-0.2, 0) is 9.53 Å². The summed E-state index contributed by atoms with van der Waals surface area (Å²) in [5.41, 5.74) is 5.62. The van der Waals surface area contributed by atoms with Crippen LogP contribution < -0.4 is 5.73 Å². The first-order valence-electron chi connectivity index (χ1n) is 8.19. The predicted molar refractivity (Wildman–Crippen MR) is 82.5 cm³/mol. The molecule has 0 heterocycles. The molecule has 2 N–H and O–H groups in total. The lowest BCUT2D eigenvalue weighted by Gasteiger charge is -2.19. The largest absolute Gasteiger partial charge is 0.379 e. The molecule has 0 aromatic rings. The maximum atomic E-state index is 12.0. The molecule has 4 heteroatoms. The van der Waals surface area contributed by atoms with Crippen LogP contribution in [0.5, 0.6) is 0 Å². The normalized spacial score (nSPS) is 16.1. The molecule has 118 valence electrons. The van der Waals surface area contributed by atoms with Gasteiger partial charge in [-0.1, -0.05) is 19.8 Å². The first-order chi connectivity index (χ1) is 9.67. The summed E-state index contributed by atoms with van der Waals surface area (Å²) in [7, 11) is 1.88. The lowest BCUT2D eigenvalue weighted by molar-refractivity contribution is -0.130. The molecule has 1 aliphatic rings. The van der Waals surface area contributed by atoms with E-state index in [0.29, 0.717) is 25.5 Å². The maximum Gasteiger partial charge on any atom is 0.222 e. The summed E-state index contributed by atoms with van der Waals surface area (Å²) < 4.78 is 5.57. The van der Waals surface area contributed by atoms with Crippen molar-refractivity contribution in [2.75, 3.05) is 33.4 Å². The Morgan fingerprint density at radius 3 is 2.70 bits per heavy atom. The van der Waals surface area contributed by atoms with Gasteiger partial charge in [-0.2, -0.15) is 0 Å². The van der Waals surface area contributed by atoms with Crippen LogP contribution in [0.25, 0.3) is 0 Å². The molecule has 0 aliphatic heterocycles. The summed E-state index contributed by atoms with van der Waals surface area (Å²) >= 11 is 0. The highest BCUT2D eigenvalue weighted by Gasteiger charge is 2.21. The average Bonchev–Trinajstić information content (AvgIpc) is 3.25. The highest BCUT2D eigenvalue weighted by Crippen LogP contribution is 2.28. The summed E-state index contributed by atoms with van der Waals surface area (Å²) in [6.45, 7) is 5.16. The summed E-state index contributed by atoms with van der Waals surface area (Å²) in [6, 6.07) is 0. The van der Waals surface area contributed by atoms with Crippen molar-refractivity contribution >= 4 is 5.91 Å². The minimum Gasteiger partial charge on any atom is -0.379 e. The molecule has 0 spiro atoms. The van der Waals surface area contributed by atoms with E-state index in [0.717, 1.165) is 31.9 Å². The van der Waals surface area contributed by atoms with Gasteiger partial charge in [-0.25, -0.2) is 0 Å². The molecular formula is C16H32N2O2. The minimum atomic E-state index is 0.234. The number of carbonyl (C=O) groups is 1. The number of nitrogens with zero attached hydrogens (tertiary/aromatic N) is 1. The SMILES string of the molecule is CCCC(CCN)CCC(=O)N(C)CCOCC1CC1. The number of nitrogens with two attached hydrogens (primary N) is 1. The zero-order valence-corrected chi connectivity index (χ0v) is 13.3. The van der Waals surface area contributed by atoms with Crippen LogP contribution >= 0.6 is 0 Å². The summed E-state index contributed by atoms with van der Waals surface area (Å²) in [5.74, 6) is 1.63. The van der Waals surface area contributed by atoms with Crippen LogP contribution in [0.2, 0.25) is 0 Å². The Balaban J connectivity index is 2.08. The van der Waals surface area contributed by atoms with Gasteiger partial charge in [0.2, 0.25) is 5.91 Å². The lowest BCUT2D eigenvalue weighted by Crippen LogP contribution is -2.30. The van der Waals surface area contributed by atoms with E-state index in [1.165, 1.54) is 25.7 Å². The van der Waals surface area contributed by atoms with Crippen LogP contribution in [0, 0.1) is 11.8 Å². The van der Waals surface area contributed by atoms with Crippen LogP contribution in [0.15, 0.2) is 0 Å². The first kappa shape index (κ1) is 17.4. The van der Waals surface area contributed by atoms with Crippen molar-refractivity contribution in [1.82, 2.24) is 4.90 Å². The van der Waals surface area contributed by atoms with E-state index in [9.17, 15) is 4.79 Å². The Labute approximate surface area is 124 Å². The molecular weight excluding hydrogens is 252 g/mol. The van der Waals surface area contributed by atoms with Crippen molar-refractivity contribution in [3.8, 4) is 0 Å². The molecule has 1 saturated carbocycles. The van der Waals surface area contributed by atoms with Crippen molar-refractivity contribution in [3.05, 3.63) is 0 Å². The van der Waals surface area contributed by atoms with Gasteiger partial charge in [0.25, 0.3) is 0 Å². The minimum absolute atomic E-state index is 0.234. The second kappa shape index (κ2) is 10.2. The fraction of sp³-hybridized carbons (Fsp3) is 0.938. The fourth-order valence-electron chi connectivity index (χ4n) is 2.46. The molecule has 1 unspecified atom stereocenters. The second-order valence-electron chi connectivity index (χ2n) is 6.10. The highest BCUT2D eigenvalue weighted by atomic mass is 16.5. The van der Waals surface area contributed by atoms with Gasteiger partial charge >= 0.3 is 0 Å². The third-order valence-corrected chi connectivity index (χ3v) is 4.09. The molecule has 1 atom stereocenters. The van der Waals surface area contributed by atoms with Gasteiger partial charge in [-0.05, 0) is 44.1 Å². The monoisotopic (exact) mass is 284 g/mol. The summed E-state index contributed by atoms with van der Waals surface area (Å²) in [5, 5.41) is 0. The quantitative estimate of drug-likeness (QED) is 0.560. The Morgan fingerprint density at radius 1 is 1.35 bits per heavy atom. The van der Waals surface area contributed by atoms with Crippen LogP contribution in [0.4, 0.5) is 0 Å². The smallest absolute Gasteiger partial charge is 0.222 e. The topological polar surface area (TPSA) is 55.6 Å². The van der Waals surface area contributed by atoms with E-state index in [4.69, 9.17) is 10.5 Å². The van der Waals surface area contributed by atoms with Crippen LogP contribution in [-0.4, -0.2) is 44.2 Å². The number of carbonyl (C=O) groups excluding carboxylic acids is 1. The zero-order chi connectivity index (χ0) is 14.8. The first-order valence-corrected chi connectivity index (χ1v) is 8.19. The number of hydrogen-bond donors (Lipinski definition) is 1. The Morgan fingerprint density at radius 2 is 2.10 bits per heavy atom. The predicted octanol–water partition coefficient (Wildman–Crippen LogP) is 2.42. The number of hydrogen-bond acceptors (Lipinski definition) is 3. The molecule has 0 aromatic heterocycles. The van der Waals surface area contributed by atoms with E-state index in [2.05, 4.69) is 6.92 Å². The van der Waals surface area contributed by atoms with Gasteiger partial charge < -0.3 is 15.4 Å². The molecule has 0 saturated heterocycles. The van der Waals surface area contributed by atoms with Crippen molar-refractivity contribution in [2.24, 2.45) is 17.6 Å². The summed E-state index contributed by atoms with van der Waals surface area (Å²) in [4.78, 5) is 13.8. The van der Waals surface area contributed by atoms with Crippen molar-refractivity contribution in [1.29, 1.82) is 0 Å². The molecule has 1 amide bonds. The Kier molecular flexibility index (Phi) is 8.86. The fourth-order valence-corrected chi connectivity index (χ4v) is 2.46. The number of ether oxygens (including phenoxy) is 1.